The van der Waals surface area contributed by atoms with Crippen LogP contribution in [0.5, 0.6) is 0 Å². The zero-order valence-electron chi connectivity index (χ0n) is 13.4. The second-order valence-corrected chi connectivity index (χ2v) is 6.44. The van der Waals surface area contributed by atoms with Crippen molar-refractivity contribution in [1.82, 2.24) is 30.1 Å². The van der Waals surface area contributed by atoms with E-state index in [2.05, 4.69) is 32.3 Å². The highest BCUT2D eigenvalue weighted by molar-refractivity contribution is 5.92. The van der Waals surface area contributed by atoms with E-state index in [1.54, 1.807) is 0 Å². The van der Waals surface area contributed by atoms with Crippen molar-refractivity contribution in [2.75, 3.05) is 46.3 Å². The van der Waals surface area contributed by atoms with Gasteiger partial charge >= 0.3 is 0 Å². The van der Waals surface area contributed by atoms with Gasteiger partial charge in [0.15, 0.2) is 5.69 Å². The van der Waals surface area contributed by atoms with Gasteiger partial charge in [0.2, 0.25) is 0 Å². The molecule has 2 saturated heterocycles. The van der Waals surface area contributed by atoms with Crippen LogP contribution in [-0.2, 0) is 0 Å². The number of likely N-dealkylation sites (tertiary alicyclic amines) is 1. The number of piperidine rings is 1. The van der Waals surface area contributed by atoms with E-state index in [1.165, 1.54) is 12.6 Å². The van der Waals surface area contributed by atoms with Crippen LogP contribution in [0.25, 0.3) is 0 Å². The maximum atomic E-state index is 12.5. The zero-order valence-corrected chi connectivity index (χ0v) is 13.4. The molecule has 1 aromatic heterocycles. The Morgan fingerprint density at radius 3 is 2.82 bits per heavy atom. The van der Waals surface area contributed by atoms with Gasteiger partial charge in [-0.05, 0) is 32.7 Å². The number of aromatic nitrogens is 3. The molecular weight excluding hydrogens is 280 g/mol. The second-order valence-electron chi connectivity index (χ2n) is 6.44. The predicted octanol–water partition coefficient (Wildman–Crippen LogP) is 0.437. The average Bonchev–Trinajstić information content (AvgIpc) is 3.08. The number of nitrogens with zero attached hydrogens (tertiary/aromatic N) is 5. The first-order valence-electron chi connectivity index (χ1n) is 8.31. The SMILES string of the molecule is CN1CCN(CC[C@@H]2CCCCN2C(=O)c2cn[nH]n2)CC1. The molecule has 1 aromatic rings. The van der Waals surface area contributed by atoms with E-state index in [0.717, 1.165) is 58.5 Å². The van der Waals surface area contributed by atoms with Crippen LogP contribution >= 0.6 is 0 Å². The molecule has 7 heteroatoms. The molecular formula is C15H26N6O. The fourth-order valence-electron chi connectivity index (χ4n) is 3.42. The third kappa shape index (κ3) is 3.64. The van der Waals surface area contributed by atoms with Crippen molar-refractivity contribution in [1.29, 1.82) is 0 Å². The molecule has 0 unspecified atom stereocenters. The zero-order chi connectivity index (χ0) is 15.4. The highest BCUT2D eigenvalue weighted by Gasteiger charge is 2.29. The van der Waals surface area contributed by atoms with Gasteiger partial charge in [-0.15, -0.1) is 0 Å². The molecule has 0 bridgehead atoms. The number of amides is 1. The van der Waals surface area contributed by atoms with Crippen LogP contribution < -0.4 is 0 Å². The van der Waals surface area contributed by atoms with Gasteiger partial charge in [0.25, 0.3) is 5.91 Å². The van der Waals surface area contributed by atoms with Gasteiger partial charge in [-0.3, -0.25) is 4.79 Å². The van der Waals surface area contributed by atoms with Crippen LogP contribution in [0, 0.1) is 0 Å². The van der Waals surface area contributed by atoms with Gasteiger partial charge in [-0.2, -0.15) is 15.4 Å². The fourth-order valence-corrected chi connectivity index (χ4v) is 3.42. The summed E-state index contributed by atoms with van der Waals surface area (Å²) in [4.78, 5) is 19.5. The number of carbonyl (C=O) groups is 1. The summed E-state index contributed by atoms with van der Waals surface area (Å²) in [5.41, 5.74) is 0.437. The second kappa shape index (κ2) is 7.19. The standard InChI is InChI=1S/C15H26N6O/c1-19-8-10-20(11-9-19)7-5-13-4-2-3-6-21(13)15(22)14-12-16-18-17-14/h12-13H,2-11H2,1H3,(H,16,17,18)/t13-/m0/s1. The molecule has 0 spiro atoms. The molecule has 0 saturated carbocycles. The maximum Gasteiger partial charge on any atom is 0.276 e. The normalized spacial score (nSPS) is 24.6. The Bertz CT molecular complexity index is 468. The van der Waals surface area contributed by atoms with E-state index in [1.807, 2.05) is 4.90 Å². The van der Waals surface area contributed by atoms with E-state index < -0.39 is 0 Å². The highest BCUT2D eigenvalue weighted by atomic mass is 16.2. The molecule has 1 N–H and O–H groups in total. The molecule has 2 aliphatic rings. The maximum absolute atomic E-state index is 12.5. The van der Waals surface area contributed by atoms with Gasteiger partial charge < -0.3 is 14.7 Å². The van der Waals surface area contributed by atoms with E-state index >= 15 is 0 Å². The number of likely N-dealkylation sites (N-methyl/N-ethyl adjacent to an activating group) is 1. The van der Waals surface area contributed by atoms with Crippen molar-refractivity contribution < 1.29 is 4.79 Å². The third-order valence-corrected chi connectivity index (χ3v) is 4.90. The summed E-state index contributed by atoms with van der Waals surface area (Å²) in [6.45, 7) is 6.50. The predicted molar refractivity (Wildman–Crippen MR) is 83.6 cm³/mol. The lowest BCUT2D eigenvalue weighted by molar-refractivity contribution is 0.0564. The van der Waals surface area contributed by atoms with Crippen molar-refractivity contribution in [3.8, 4) is 0 Å². The summed E-state index contributed by atoms with van der Waals surface area (Å²) in [6.07, 6.45) is 6.00. The summed E-state index contributed by atoms with van der Waals surface area (Å²) in [6, 6.07) is 0.345. The molecule has 3 heterocycles. The molecule has 122 valence electrons. The van der Waals surface area contributed by atoms with Gasteiger partial charge in [-0.25, -0.2) is 0 Å². The number of aromatic amines is 1. The van der Waals surface area contributed by atoms with Gasteiger partial charge in [0.1, 0.15) is 0 Å². The molecule has 1 atom stereocenters. The van der Waals surface area contributed by atoms with Crippen LogP contribution in [0.15, 0.2) is 6.20 Å². The molecule has 22 heavy (non-hydrogen) atoms. The molecule has 7 nitrogen and oxygen atoms in total. The van der Waals surface area contributed by atoms with Crippen LogP contribution in [-0.4, -0.2) is 88.4 Å². The number of H-pyrrole nitrogens is 1. The third-order valence-electron chi connectivity index (χ3n) is 4.90. The number of nitrogens with one attached hydrogen (secondary N) is 1. The first kappa shape index (κ1) is 15.4. The van der Waals surface area contributed by atoms with Gasteiger partial charge in [-0.1, -0.05) is 0 Å². The lowest BCUT2D eigenvalue weighted by Gasteiger charge is -2.38. The van der Waals surface area contributed by atoms with Crippen LogP contribution in [0.1, 0.15) is 36.2 Å². The Morgan fingerprint density at radius 2 is 2.09 bits per heavy atom. The minimum absolute atomic E-state index is 0.0248. The van der Waals surface area contributed by atoms with Crippen molar-refractivity contribution in [2.24, 2.45) is 0 Å². The monoisotopic (exact) mass is 306 g/mol. The van der Waals surface area contributed by atoms with Crippen LogP contribution in [0.3, 0.4) is 0 Å². The largest absolute Gasteiger partial charge is 0.334 e. The number of carbonyl (C=O) groups excluding carboxylic acids is 1. The molecule has 1 amide bonds. The topological polar surface area (TPSA) is 68.4 Å². The molecule has 2 fully saturated rings. The average molecular weight is 306 g/mol. The lowest BCUT2D eigenvalue weighted by Crippen LogP contribution is -2.48. The van der Waals surface area contributed by atoms with Crippen LogP contribution in [0.4, 0.5) is 0 Å². The van der Waals surface area contributed by atoms with E-state index in [4.69, 9.17) is 0 Å². The minimum atomic E-state index is 0.0248. The summed E-state index contributed by atoms with van der Waals surface area (Å²) in [5, 5.41) is 10.2. The molecule has 0 radical (unpaired) electrons. The molecule has 3 rings (SSSR count). The van der Waals surface area contributed by atoms with E-state index in [-0.39, 0.29) is 5.91 Å². The van der Waals surface area contributed by atoms with Crippen molar-refractivity contribution >= 4 is 5.91 Å². The summed E-state index contributed by atoms with van der Waals surface area (Å²) >= 11 is 0. The molecule has 0 aromatic carbocycles. The van der Waals surface area contributed by atoms with Crippen molar-refractivity contribution in [3.05, 3.63) is 11.9 Å². The lowest BCUT2D eigenvalue weighted by atomic mass is 9.98. The number of rotatable bonds is 4. The number of piperazine rings is 1. The van der Waals surface area contributed by atoms with E-state index in [0.29, 0.717) is 11.7 Å². The fraction of sp³-hybridized carbons (Fsp3) is 0.800. The van der Waals surface area contributed by atoms with Crippen LogP contribution in [0.2, 0.25) is 0 Å². The van der Waals surface area contributed by atoms with Gasteiger partial charge in [0, 0.05) is 45.3 Å². The van der Waals surface area contributed by atoms with E-state index in [9.17, 15) is 4.79 Å². The Labute approximate surface area is 131 Å². The van der Waals surface area contributed by atoms with Gasteiger partial charge in [0.05, 0.1) is 6.20 Å². The number of hydrogen-bond acceptors (Lipinski definition) is 5. The summed E-state index contributed by atoms with van der Waals surface area (Å²) in [5.74, 6) is 0.0248. The Morgan fingerprint density at radius 1 is 1.27 bits per heavy atom. The number of hydrogen-bond donors (Lipinski definition) is 1. The van der Waals surface area contributed by atoms with Crippen molar-refractivity contribution in [2.45, 2.75) is 31.7 Å². The quantitative estimate of drug-likeness (QED) is 0.874. The Kier molecular flexibility index (Phi) is 5.04. The highest BCUT2D eigenvalue weighted by Crippen LogP contribution is 2.22. The first-order chi connectivity index (χ1) is 10.7. The summed E-state index contributed by atoms with van der Waals surface area (Å²) < 4.78 is 0. The Balaban J connectivity index is 1.55. The van der Waals surface area contributed by atoms with Crippen molar-refractivity contribution in [3.63, 3.8) is 0 Å². The summed E-state index contributed by atoms with van der Waals surface area (Å²) in [7, 11) is 2.18. The molecule has 2 aliphatic heterocycles. The molecule has 0 aliphatic carbocycles. The minimum Gasteiger partial charge on any atom is -0.334 e. The first-order valence-corrected chi connectivity index (χ1v) is 8.31. The Hall–Kier alpha value is -1.47. The smallest absolute Gasteiger partial charge is 0.276 e.